The van der Waals surface area contributed by atoms with Gasteiger partial charge in [0.05, 0.1) is 12.2 Å². The standard InChI is InChI=1S/C17H17N5OS/c23-16(15-13-9-18-7-6-14(13)21-22-15)19-8-12-10-24-17(20-12)11-4-2-1-3-5-11/h1-5,10,18H,6-9H2,(H,19,23)(H,21,22). The van der Waals surface area contributed by atoms with Crippen LogP contribution in [0.1, 0.15) is 27.4 Å². The summed E-state index contributed by atoms with van der Waals surface area (Å²) < 4.78 is 0. The quantitative estimate of drug-likeness (QED) is 0.680. The van der Waals surface area contributed by atoms with E-state index in [4.69, 9.17) is 0 Å². The van der Waals surface area contributed by atoms with Crippen molar-refractivity contribution in [3.8, 4) is 10.6 Å². The highest BCUT2D eigenvalue weighted by molar-refractivity contribution is 7.13. The van der Waals surface area contributed by atoms with Gasteiger partial charge in [0, 0.05) is 41.7 Å². The molecule has 4 rings (SSSR count). The molecule has 3 aromatic rings. The van der Waals surface area contributed by atoms with E-state index in [1.807, 2.05) is 35.7 Å². The Morgan fingerprint density at radius 3 is 3.04 bits per heavy atom. The molecule has 0 bridgehead atoms. The summed E-state index contributed by atoms with van der Waals surface area (Å²) in [5.41, 5.74) is 4.46. The maximum Gasteiger partial charge on any atom is 0.272 e. The molecule has 24 heavy (non-hydrogen) atoms. The van der Waals surface area contributed by atoms with Crippen LogP contribution in [0, 0.1) is 0 Å². The summed E-state index contributed by atoms with van der Waals surface area (Å²) in [5, 5.41) is 16.2. The number of carbonyl (C=O) groups excluding carboxylic acids is 1. The molecule has 0 saturated carbocycles. The molecule has 0 radical (unpaired) electrons. The first-order chi connectivity index (χ1) is 11.8. The van der Waals surface area contributed by atoms with Crippen LogP contribution < -0.4 is 10.6 Å². The number of nitrogens with zero attached hydrogens (tertiary/aromatic N) is 2. The van der Waals surface area contributed by atoms with Crippen LogP contribution in [0.15, 0.2) is 35.7 Å². The van der Waals surface area contributed by atoms with E-state index >= 15 is 0 Å². The van der Waals surface area contributed by atoms with Gasteiger partial charge in [0.2, 0.25) is 0 Å². The number of fused-ring (bicyclic) bond motifs is 1. The van der Waals surface area contributed by atoms with Crippen molar-refractivity contribution in [2.75, 3.05) is 6.54 Å². The number of rotatable bonds is 4. The van der Waals surface area contributed by atoms with Gasteiger partial charge in [-0.05, 0) is 0 Å². The molecule has 1 aromatic carbocycles. The third-order valence-electron chi connectivity index (χ3n) is 4.02. The predicted octanol–water partition coefficient (Wildman–Crippen LogP) is 2.11. The van der Waals surface area contributed by atoms with E-state index in [2.05, 4.69) is 25.8 Å². The second-order valence-corrected chi connectivity index (χ2v) is 6.51. The van der Waals surface area contributed by atoms with E-state index in [1.54, 1.807) is 11.3 Å². The Labute approximate surface area is 143 Å². The van der Waals surface area contributed by atoms with Gasteiger partial charge < -0.3 is 10.6 Å². The number of aromatic nitrogens is 3. The minimum absolute atomic E-state index is 0.162. The molecule has 0 unspecified atom stereocenters. The van der Waals surface area contributed by atoms with Crippen molar-refractivity contribution < 1.29 is 4.79 Å². The fraction of sp³-hybridized carbons (Fsp3) is 0.235. The van der Waals surface area contributed by atoms with Crippen molar-refractivity contribution in [1.29, 1.82) is 0 Å². The van der Waals surface area contributed by atoms with Crippen LogP contribution in [0.2, 0.25) is 0 Å². The van der Waals surface area contributed by atoms with E-state index in [1.165, 1.54) is 0 Å². The van der Waals surface area contributed by atoms with Gasteiger partial charge in [0.15, 0.2) is 5.69 Å². The van der Waals surface area contributed by atoms with Gasteiger partial charge in [0.1, 0.15) is 5.01 Å². The molecule has 0 aliphatic carbocycles. The van der Waals surface area contributed by atoms with Gasteiger partial charge in [-0.25, -0.2) is 4.98 Å². The molecular formula is C17H17N5OS. The van der Waals surface area contributed by atoms with Gasteiger partial charge in [0.25, 0.3) is 5.91 Å². The van der Waals surface area contributed by atoms with E-state index < -0.39 is 0 Å². The van der Waals surface area contributed by atoms with E-state index in [0.717, 1.165) is 40.5 Å². The smallest absolute Gasteiger partial charge is 0.272 e. The maximum atomic E-state index is 12.4. The largest absolute Gasteiger partial charge is 0.345 e. The minimum atomic E-state index is -0.162. The first-order valence-corrected chi connectivity index (χ1v) is 8.74. The van der Waals surface area contributed by atoms with Crippen molar-refractivity contribution in [3.63, 3.8) is 0 Å². The minimum Gasteiger partial charge on any atom is -0.345 e. The number of hydrogen-bond donors (Lipinski definition) is 3. The highest BCUT2D eigenvalue weighted by Crippen LogP contribution is 2.23. The Bertz CT molecular complexity index is 855. The Kier molecular flexibility index (Phi) is 4.10. The number of hydrogen-bond acceptors (Lipinski definition) is 5. The molecule has 3 N–H and O–H groups in total. The third kappa shape index (κ3) is 2.95. The number of thiazole rings is 1. The van der Waals surface area contributed by atoms with Crippen LogP contribution >= 0.6 is 11.3 Å². The monoisotopic (exact) mass is 339 g/mol. The zero-order valence-corrected chi connectivity index (χ0v) is 13.8. The lowest BCUT2D eigenvalue weighted by molar-refractivity contribution is 0.0944. The Balaban J connectivity index is 1.43. The summed E-state index contributed by atoms with van der Waals surface area (Å²) >= 11 is 1.58. The van der Waals surface area contributed by atoms with Crippen LogP contribution in [-0.2, 0) is 19.5 Å². The molecule has 0 fully saturated rings. The van der Waals surface area contributed by atoms with Crippen LogP contribution in [0.25, 0.3) is 10.6 Å². The lowest BCUT2D eigenvalue weighted by Crippen LogP contribution is -2.28. The SMILES string of the molecule is O=C(NCc1csc(-c2ccccc2)n1)c1n[nH]c2c1CNCC2. The molecule has 1 amide bonds. The first kappa shape index (κ1) is 15.0. The van der Waals surface area contributed by atoms with Gasteiger partial charge in [-0.15, -0.1) is 11.3 Å². The lowest BCUT2D eigenvalue weighted by atomic mass is 10.1. The van der Waals surface area contributed by atoms with E-state index in [0.29, 0.717) is 18.8 Å². The Morgan fingerprint density at radius 2 is 2.17 bits per heavy atom. The van der Waals surface area contributed by atoms with E-state index in [9.17, 15) is 4.79 Å². The number of nitrogens with one attached hydrogen (secondary N) is 3. The first-order valence-electron chi connectivity index (χ1n) is 7.86. The number of aromatic amines is 1. The van der Waals surface area contributed by atoms with Crippen molar-refractivity contribution in [2.24, 2.45) is 0 Å². The second-order valence-electron chi connectivity index (χ2n) is 5.65. The molecule has 0 atom stereocenters. The summed E-state index contributed by atoms with van der Waals surface area (Å²) in [5.74, 6) is -0.162. The van der Waals surface area contributed by atoms with Crippen LogP contribution in [0.3, 0.4) is 0 Å². The average Bonchev–Trinajstić information content (AvgIpc) is 3.27. The summed E-state index contributed by atoms with van der Waals surface area (Å²) in [6.07, 6.45) is 0.877. The molecule has 0 saturated heterocycles. The van der Waals surface area contributed by atoms with E-state index in [-0.39, 0.29) is 5.91 Å². The van der Waals surface area contributed by atoms with Gasteiger partial charge >= 0.3 is 0 Å². The third-order valence-corrected chi connectivity index (χ3v) is 4.96. The second kappa shape index (κ2) is 6.54. The van der Waals surface area contributed by atoms with Gasteiger partial charge in [-0.3, -0.25) is 9.89 Å². The molecule has 0 spiro atoms. The summed E-state index contributed by atoms with van der Waals surface area (Å²) in [7, 11) is 0. The van der Waals surface area contributed by atoms with Crippen molar-refractivity contribution in [1.82, 2.24) is 25.8 Å². The van der Waals surface area contributed by atoms with Gasteiger partial charge in [-0.2, -0.15) is 5.10 Å². The Morgan fingerprint density at radius 1 is 1.29 bits per heavy atom. The molecule has 2 aromatic heterocycles. The highest BCUT2D eigenvalue weighted by atomic mass is 32.1. The van der Waals surface area contributed by atoms with Crippen molar-refractivity contribution in [3.05, 3.63) is 58.4 Å². The topological polar surface area (TPSA) is 82.7 Å². The van der Waals surface area contributed by atoms with Crippen LogP contribution in [0.4, 0.5) is 0 Å². The molecule has 1 aliphatic heterocycles. The van der Waals surface area contributed by atoms with Crippen LogP contribution in [-0.4, -0.2) is 27.6 Å². The Hall–Kier alpha value is -2.51. The molecular weight excluding hydrogens is 322 g/mol. The van der Waals surface area contributed by atoms with Crippen LogP contribution in [0.5, 0.6) is 0 Å². The fourth-order valence-corrected chi connectivity index (χ4v) is 3.59. The van der Waals surface area contributed by atoms with Crippen molar-refractivity contribution in [2.45, 2.75) is 19.5 Å². The normalized spacial score (nSPS) is 13.5. The fourth-order valence-electron chi connectivity index (χ4n) is 2.77. The van der Waals surface area contributed by atoms with Gasteiger partial charge in [-0.1, -0.05) is 30.3 Å². The summed E-state index contributed by atoms with van der Waals surface area (Å²) in [6.45, 7) is 2.00. The zero-order chi connectivity index (χ0) is 16.4. The lowest BCUT2D eigenvalue weighted by Gasteiger charge is -2.12. The summed E-state index contributed by atoms with van der Waals surface area (Å²) in [4.78, 5) is 17.0. The molecule has 7 heteroatoms. The molecule has 122 valence electrons. The summed E-state index contributed by atoms with van der Waals surface area (Å²) in [6, 6.07) is 10.0. The number of carbonyl (C=O) groups is 1. The molecule has 3 heterocycles. The maximum absolute atomic E-state index is 12.4. The average molecular weight is 339 g/mol. The number of benzene rings is 1. The number of H-pyrrole nitrogens is 1. The molecule has 1 aliphatic rings. The predicted molar refractivity (Wildman–Crippen MR) is 92.7 cm³/mol. The zero-order valence-electron chi connectivity index (χ0n) is 13.0. The van der Waals surface area contributed by atoms with Crippen molar-refractivity contribution >= 4 is 17.2 Å². The highest BCUT2D eigenvalue weighted by Gasteiger charge is 2.21. The molecule has 6 nitrogen and oxygen atoms in total. The number of amides is 1.